The average Bonchev–Trinajstić information content (AvgIpc) is 2.60. The van der Waals surface area contributed by atoms with Crippen LogP contribution in [0, 0.1) is 0 Å². The molecule has 7 nitrogen and oxygen atoms in total. The molecule has 8 heteroatoms. The molecule has 128 valence electrons. The van der Waals surface area contributed by atoms with E-state index in [9.17, 15) is 18.3 Å². The molecule has 0 aliphatic carbocycles. The summed E-state index contributed by atoms with van der Waals surface area (Å²) in [4.78, 5) is 11.0. The molecule has 2 aromatic rings. The van der Waals surface area contributed by atoms with Gasteiger partial charge in [0.05, 0.1) is 10.6 Å². The van der Waals surface area contributed by atoms with Crippen LogP contribution in [0.15, 0.2) is 59.5 Å². The first-order valence-corrected chi connectivity index (χ1v) is 8.75. The number of amides is 1. The van der Waals surface area contributed by atoms with E-state index in [1.807, 2.05) is 18.2 Å². The second-order valence-corrected chi connectivity index (χ2v) is 7.10. The van der Waals surface area contributed by atoms with Crippen molar-refractivity contribution in [3.8, 4) is 11.5 Å². The molecule has 0 radical (unpaired) electrons. The summed E-state index contributed by atoms with van der Waals surface area (Å²) in [6, 6.07) is 14.9. The normalized spacial score (nSPS) is 12.4. The summed E-state index contributed by atoms with van der Waals surface area (Å²) in [5, 5.41) is 17.8. The minimum atomic E-state index is -3.66. The second kappa shape index (κ2) is 7.91. The summed E-state index contributed by atoms with van der Waals surface area (Å²) >= 11 is 0. The van der Waals surface area contributed by atoms with E-state index in [-0.39, 0.29) is 11.3 Å². The van der Waals surface area contributed by atoms with Crippen molar-refractivity contribution in [1.29, 1.82) is 0 Å². The molecule has 0 heterocycles. The standard InChI is InChI=1S/C16H17NO6S/c18-15(16(19)17-20)10-11-24(21,22)14-8-6-13(7-9-14)23-12-4-2-1-3-5-12/h1-9,15,18,20H,10-11H2,(H,17,19). The molecule has 1 atom stereocenters. The van der Waals surface area contributed by atoms with E-state index in [1.165, 1.54) is 29.7 Å². The van der Waals surface area contributed by atoms with Crippen LogP contribution >= 0.6 is 0 Å². The molecular formula is C16H17NO6S. The molecule has 2 rings (SSSR count). The number of carbonyl (C=O) groups is 1. The lowest BCUT2D eigenvalue weighted by atomic mass is 10.3. The van der Waals surface area contributed by atoms with Crippen molar-refractivity contribution >= 4 is 15.7 Å². The molecule has 0 saturated carbocycles. The number of rotatable bonds is 7. The first-order valence-electron chi connectivity index (χ1n) is 7.10. The molecule has 1 unspecified atom stereocenters. The fourth-order valence-corrected chi connectivity index (χ4v) is 3.25. The highest BCUT2D eigenvalue weighted by Crippen LogP contribution is 2.23. The van der Waals surface area contributed by atoms with E-state index >= 15 is 0 Å². The van der Waals surface area contributed by atoms with Gasteiger partial charge in [-0.2, -0.15) is 0 Å². The van der Waals surface area contributed by atoms with Crippen LogP contribution in [0.2, 0.25) is 0 Å². The number of ether oxygens (including phenoxy) is 1. The Morgan fingerprint density at radius 3 is 2.21 bits per heavy atom. The fraction of sp³-hybridized carbons (Fsp3) is 0.188. The number of aliphatic hydroxyl groups is 1. The molecule has 3 N–H and O–H groups in total. The van der Waals surface area contributed by atoms with Gasteiger partial charge in [0.25, 0.3) is 5.91 Å². The van der Waals surface area contributed by atoms with Crippen molar-refractivity contribution in [2.45, 2.75) is 17.4 Å². The topological polar surface area (TPSA) is 113 Å². The van der Waals surface area contributed by atoms with Crippen LogP contribution in [-0.4, -0.2) is 36.5 Å². The van der Waals surface area contributed by atoms with Crippen LogP contribution < -0.4 is 10.2 Å². The molecule has 0 fully saturated rings. The Bertz CT molecular complexity index is 774. The smallest absolute Gasteiger partial charge is 0.272 e. The molecule has 0 aromatic heterocycles. The number of hydrogen-bond donors (Lipinski definition) is 3. The highest BCUT2D eigenvalue weighted by molar-refractivity contribution is 7.91. The van der Waals surface area contributed by atoms with Crippen LogP contribution in [0.4, 0.5) is 0 Å². The Balaban J connectivity index is 2.02. The summed E-state index contributed by atoms with van der Waals surface area (Å²) in [7, 11) is -3.66. The van der Waals surface area contributed by atoms with Crippen molar-refractivity contribution in [2.75, 3.05) is 5.75 Å². The van der Waals surface area contributed by atoms with Crippen LogP contribution in [0.5, 0.6) is 11.5 Å². The number of sulfone groups is 1. The van der Waals surface area contributed by atoms with E-state index < -0.39 is 27.6 Å². The van der Waals surface area contributed by atoms with Gasteiger partial charge in [-0.25, -0.2) is 13.9 Å². The molecule has 0 saturated heterocycles. The zero-order valence-electron chi connectivity index (χ0n) is 12.6. The van der Waals surface area contributed by atoms with Gasteiger partial charge in [-0.1, -0.05) is 18.2 Å². The van der Waals surface area contributed by atoms with Gasteiger partial charge in [-0.15, -0.1) is 0 Å². The van der Waals surface area contributed by atoms with E-state index in [0.717, 1.165) is 0 Å². The second-order valence-electron chi connectivity index (χ2n) is 4.99. The van der Waals surface area contributed by atoms with Crippen molar-refractivity contribution in [2.24, 2.45) is 0 Å². The van der Waals surface area contributed by atoms with Gasteiger partial charge in [-0.3, -0.25) is 10.0 Å². The van der Waals surface area contributed by atoms with Crippen molar-refractivity contribution in [3.05, 3.63) is 54.6 Å². The molecular weight excluding hydrogens is 334 g/mol. The molecule has 24 heavy (non-hydrogen) atoms. The maximum atomic E-state index is 12.2. The van der Waals surface area contributed by atoms with Crippen molar-refractivity contribution in [1.82, 2.24) is 5.48 Å². The van der Waals surface area contributed by atoms with Gasteiger partial charge in [0, 0.05) is 0 Å². The largest absolute Gasteiger partial charge is 0.457 e. The molecule has 0 spiro atoms. The lowest BCUT2D eigenvalue weighted by Gasteiger charge is -2.10. The van der Waals surface area contributed by atoms with Crippen LogP contribution in [0.3, 0.4) is 0 Å². The Kier molecular flexibility index (Phi) is 5.91. The molecule has 0 aliphatic rings. The van der Waals surface area contributed by atoms with Crippen LogP contribution in [0.25, 0.3) is 0 Å². The van der Waals surface area contributed by atoms with Gasteiger partial charge in [0.1, 0.15) is 17.6 Å². The monoisotopic (exact) mass is 351 g/mol. The number of para-hydroxylation sites is 1. The maximum Gasteiger partial charge on any atom is 0.272 e. The minimum absolute atomic E-state index is 0.0551. The van der Waals surface area contributed by atoms with Crippen LogP contribution in [0.1, 0.15) is 6.42 Å². The number of hydroxylamine groups is 1. The molecule has 1 amide bonds. The van der Waals surface area contributed by atoms with Crippen molar-refractivity contribution in [3.63, 3.8) is 0 Å². The number of benzene rings is 2. The molecule has 0 bridgehead atoms. The van der Waals surface area contributed by atoms with Crippen LogP contribution in [-0.2, 0) is 14.6 Å². The quantitative estimate of drug-likeness (QED) is 0.515. The number of aliphatic hydroxyl groups excluding tert-OH is 1. The first-order chi connectivity index (χ1) is 11.4. The van der Waals surface area contributed by atoms with Gasteiger partial charge >= 0.3 is 0 Å². The molecule has 0 aliphatic heterocycles. The third-order valence-electron chi connectivity index (χ3n) is 3.23. The summed E-state index contributed by atoms with van der Waals surface area (Å²) in [5.74, 6) is -0.358. The zero-order chi connectivity index (χ0) is 17.6. The van der Waals surface area contributed by atoms with Gasteiger partial charge < -0.3 is 9.84 Å². The predicted molar refractivity (Wildman–Crippen MR) is 85.6 cm³/mol. The third kappa shape index (κ3) is 4.79. The van der Waals surface area contributed by atoms with E-state index in [0.29, 0.717) is 11.5 Å². The predicted octanol–water partition coefficient (Wildman–Crippen LogP) is 1.51. The molecule has 2 aromatic carbocycles. The average molecular weight is 351 g/mol. The summed E-state index contributed by atoms with van der Waals surface area (Å²) in [6.45, 7) is 0. The lowest BCUT2D eigenvalue weighted by molar-refractivity contribution is -0.137. The summed E-state index contributed by atoms with van der Waals surface area (Å²) < 4.78 is 29.9. The Labute approximate surface area is 139 Å². The minimum Gasteiger partial charge on any atom is -0.457 e. The van der Waals surface area contributed by atoms with Gasteiger partial charge in [0.2, 0.25) is 0 Å². The highest BCUT2D eigenvalue weighted by Gasteiger charge is 2.20. The summed E-state index contributed by atoms with van der Waals surface area (Å²) in [5.41, 5.74) is 1.27. The lowest BCUT2D eigenvalue weighted by Crippen LogP contribution is -2.33. The van der Waals surface area contributed by atoms with E-state index in [4.69, 9.17) is 9.94 Å². The third-order valence-corrected chi connectivity index (χ3v) is 5.00. The van der Waals surface area contributed by atoms with E-state index in [1.54, 1.807) is 12.1 Å². The fourth-order valence-electron chi connectivity index (χ4n) is 1.93. The number of nitrogens with one attached hydrogen (secondary N) is 1. The number of hydrogen-bond acceptors (Lipinski definition) is 6. The number of carbonyl (C=O) groups excluding carboxylic acids is 1. The van der Waals surface area contributed by atoms with E-state index in [2.05, 4.69) is 0 Å². The highest BCUT2D eigenvalue weighted by atomic mass is 32.2. The van der Waals surface area contributed by atoms with Crippen molar-refractivity contribution < 1.29 is 28.3 Å². The van der Waals surface area contributed by atoms with Gasteiger partial charge in [0.15, 0.2) is 9.84 Å². The summed E-state index contributed by atoms with van der Waals surface area (Å²) in [6.07, 6.45) is -1.91. The first kappa shape index (κ1) is 17.9. The SMILES string of the molecule is O=C(NO)C(O)CCS(=O)(=O)c1ccc(Oc2ccccc2)cc1. The Hall–Kier alpha value is -2.42. The van der Waals surface area contributed by atoms with Gasteiger partial charge in [-0.05, 0) is 42.8 Å². The zero-order valence-corrected chi connectivity index (χ0v) is 13.4. The maximum absolute atomic E-state index is 12.2. The Morgan fingerprint density at radius 1 is 1.04 bits per heavy atom. The Morgan fingerprint density at radius 2 is 1.62 bits per heavy atom.